The first kappa shape index (κ1) is 12.9. The lowest BCUT2D eigenvalue weighted by Gasteiger charge is -2.07. The smallest absolute Gasteiger partial charge is 0.339 e. The van der Waals surface area contributed by atoms with E-state index in [4.69, 9.17) is 15.8 Å². The van der Waals surface area contributed by atoms with Gasteiger partial charge in [0.25, 0.3) is 0 Å². The molecule has 0 unspecified atom stereocenters. The lowest BCUT2D eigenvalue weighted by molar-refractivity contribution is 0.488. The van der Waals surface area contributed by atoms with Crippen molar-refractivity contribution in [3.05, 3.63) is 47.5 Å². The maximum absolute atomic E-state index is 12.2. The highest BCUT2D eigenvalue weighted by Gasteiger charge is 2.19. The number of H-pyrrole nitrogens is 1. The predicted molar refractivity (Wildman–Crippen MR) is 73.2 cm³/mol. The Hall–Kier alpha value is -2.12. The fourth-order valence-electron chi connectivity index (χ4n) is 1.70. The minimum absolute atomic E-state index is 0.0325. The maximum atomic E-state index is 12.2. The SMILES string of the molecule is O=S(=O)(Oc1cc(Cl)cc2n[nH]nc12)c1ccccc1. The third-order valence-corrected chi connectivity index (χ3v) is 4.05. The molecule has 3 rings (SSSR count). The third kappa shape index (κ3) is 2.33. The van der Waals surface area contributed by atoms with Crippen molar-refractivity contribution in [1.82, 2.24) is 15.4 Å². The molecule has 1 heterocycles. The molecule has 0 bridgehead atoms. The van der Waals surface area contributed by atoms with Gasteiger partial charge in [0.05, 0.1) is 0 Å². The molecule has 0 aliphatic heterocycles. The molecule has 102 valence electrons. The highest BCUT2D eigenvalue weighted by molar-refractivity contribution is 7.87. The fraction of sp³-hybridized carbons (Fsp3) is 0. The van der Waals surface area contributed by atoms with Crippen LogP contribution in [0.15, 0.2) is 47.4 Å². The summed E-state index contributed by atoms with van der Waals surface area (Å²) in [6.07, 6.45) is 0. The molecule has 20 heavy (non-hydrogen) atoms. The summed E-state index contributed by atoms with van der Waals surface area (Å²) in [4.78, 5) is 0.0524. The Morgan fingerprint density at radius 1 is 1.10 bits per heavy atom. The van der Waals surface area contributed by atoms with Gasteiger partial charge in [-0.25, -0.2) is 0 Å². The van der Waals surface area contributed by atoms with Gasteiger partial charge in [-0.05, 0) is 18.2 Å². The number of aromatic amines is 1. The lowest BCUT2D eigenvalue weighted by Crippen LogP contribution is -2.09. The van der Waals surface area contributed by atoms with Gasteiger partial charge in [0.1, 0.15) is 10.4 Å². The van der Waals surface area contributed by atoms with E-state index in [0.717, 1.165) is 0 Å². The van der Waals surface area contributed by atoms with Crippen LogP contribution in [0.1, 0.15) is 0 Å². The zero-order valence-corrected chi connectivity index (χ0v) is 11.5. The summed E-state index contributed by atoms with van der Waals surface area (Å²) in [5.41, 5.74) is 0.727. The van der Waals surface area contributed by atoms with Crippen LogP contribution in [0.2, 0.25) is 5.02 Å². The Bertz CT molecular complexity index is 862. The van der Waals surface area contributed by atoms with E-state index in [0.29, 0.717) is 16.1 Å². The highest BCUT2D eigenvalue weighted by Crippen LogP contribution is 2.29. The van der Waals surface area contributed by atoms with Gasteiger partial charge in [0.2, 0.25) is 0 Å². The number of hydrogen-bond donors (Lipinski definition) is 1. The monoisotopic (exact) mass is 309 g/mol. The molecule has 8 heteroatoms. The summed E-state index contributed by atoms with van der Waals surface area (Å²) in [6.45, 7) is 0. The van der Waals surface area contributed by atoms with Gasteiger partial charge in [0, 0.05) is 11.1 Å². The van der Waals surface area contributed by atoms with Crippen molar-refractivity contribution in [1.29, 1.82) is 0 Å². The van der Waals surface area contributed by atoms with Crippen molar-refractivity contribution in [2.45, 2.75) is 4.90 Å². The Balaban J connectivity index is 2.07. The number of rotatable bonds is 3. The number of aromatic nitrogens is 3. The van der Waals surface area contributed by atoms with Crippen LogP contribution in [-0.4, -0.2) is 23.8 Å². The second-order valence-electron chi connectivity index (χ2n) is 3.95. The van der Waals surface area contributed by atoms with Crippen LogP contribution in [0.5, 0.6) is 5.75 Å². The van der Waals surface area contributed by atoms with Crippen LogP contribution in [0.3, 0.4) is 0 Å². The summed E-state index contributed by atoms with van der Waals surface area (Å²) in [6, 6.07) is 10.8. The maximum Gasteiger partial charge on any atom is 0.339 e. The van der Waals surface area contributed by atoms with E-state index in [1.54, 1.807) is 24.3 Å². The molecule has 1 N–H and O–H groups in total. The first-order valence-corrected chi connectivity index (χ1v) is 7.34. The van der Waals surface area contributed by atoms with E-state index in [1.807, 2.05) is 0 Å². The Morgan fingerprint density at radius 2 is 1.85 bits per heavy atom. The van der Waals surface area contributed by atoms with Crippen molar-refractivity contribution in [3.8, 4) is 5.75 Å². The molecule has 6 nitrogen and oxygen atoms in total. The first-order chi connectivity index (χ1) is 9.56. The molecular weight excluding hydrogens is 302 g/mol. The largest absolute Gasteiger partial charge is 0.376 e. The molecule has 0 aliphatic carbocycles. The van der Waals surface area contributed by atoms with Crippen LogP contribution in [0, 0.1) is 0 Å². The van der Waals surface area contributed by atoms with Crippen LogP contribution in [-0.2, 0) is 10.1 Å². The molecule has 0 atom stereocenters. The van der Waals surface area contributed by atoms with E-state index in [-0.39, 0.29) is 10.6 Å². The quantitative estimate of drug-likeness (QED) is 0.751. The zero-order valence-electron chi connectivity index (χ0n) is 9.95. The van der Waals surface area contributed by atoms with Gasteiger partial charge < -0.3 is 4.18 Å². The second-order valence-corrected chi connectivity index (χ2v) is 5.93. The Morgan fingerprint density at radius 3 is 2.60 bits per heavy atom. The summed E-state index contributed by atoms with van der Waals surface area (Å²) in [7, 11) is -3.94. The molecule has 0 amide bonds. The van der Waals surface area contributed by atoms with Crippen LogP contribution < -0.4 is 4.18 Å². The molecule has 1 aromatic heterocycles. The molecule has 0 saturated carbocycles. The second kappa shape index (κ2) is 4.77. The molecule has 3 aromatic rings. The number of hydrogen-bond acceptors (Lipinski definition) is 5. The topological polar surface area (TPSA) is 84.9 Å². The third-order valence-electron chi connectivity index (χ3n) is 2.58. The van der Waals surface area contributed by atoms with E-state index in [1.165, 1.54) is 18.2 Å². The van der Waals surface area contributed by atoms with Gasteiger partial charge in [-0.3, -0.25) is 0 Å². The van der Waals surface area contributed by atoms with Crippen molar-refractivity contribution in [3.63, 3.8) is 0 Å². The fourth-order valence-corrected chi connectivity index (χ4v) is 2.86. The number of nitrogens with zero attached hydrogens (tertiary/aromatic N) is 2. The number of nitrogens with one attached hydrogen (secondary N) is 1. The molecule has 0 spiro atoms. The van der Waals surface area contributed by atoms with Crippen molar-refractivity contribution >= 4 is 32.8 Å². The van der Waals surface area contributed by atoms with Gasteiger partial charge in [-0.15, -0.1) is 0 Å². The molecule has 2 aromatic carbocycles. The average molecular weight is 310 g/mol. The van der Waals surface area contributed by atoms with Crippen LogP contribution >= 0.6 is 11.6 Å². The summed E-state index contributed by atoms with van der Waals surface area (Å²) in [5.74, 6) is 0.0325. The van der Waals surface area contributed by atoms with E-state index >= 15 is 0 Å². The lowest BCUT2D eigenvalue weighted by atomic mass is 10.3. The van der Waals surface area contributed by atoms with E-state index in [9.17, 15) is 8.42 Å². The van der Waals surface area contributed by atoms with Gasteiger partial charge in [-0.1, -0.05) is 29.8 Å². The molecular formula is C12H8ClN3O3S. The Kier molecular flexibility index (Phi) is 3.07. The van der Waals surface area contributed by atoms with Crippen LogP contribution in [0.25, 0.3) is 11.0 Å². The molecule has 0 fully saturated rings. The van der Waals surface area contributed by atoms with Crippen molar-refractivity contribution in [2.75, 3.05) is 0 Å². The Labute approximate surface area is 119 Å². The highest BCUT2D eigenvalue weighted by atomic mass is 35.5. The predicted octanol–water partition coefficient (Wildman–Crippen LogP) is 2.38. The van der Waals surface area contributed by atoms with Gasteiger partial charge in [-0.2, -0.15) is 23.8 Å². The summed E-state index contributed by atoms with van der Waals surface area (Å²) < 4.78 is 29.4. The standard InChI is InChI=1S/C12H8ClN3O3S/c13-8-6-10-12(15-16-14-10)11(7-8)19-20(17,18)9-4-2-1-3-5-9/h1-7H,(H,14,15,16). The summed E-state index contributed by atoms with van der Waals surface area (Å²) >= 11 is 5.90. The van der Waals surface area contributed by atoms with E-state index in [2.05, 4.69) is 15.4 Å². The van der Waals surface area contributed by atoms with Crippen LogP contribution in [0.4, 0.5) is 0 Å². The zero-order chi connectivity index (χ0) is 14.2. The first-order valence-electron chi connectivity index (χ1n) is 5.56. The minimum atomic E-state index is -3.94. The summed E-state index contributed by atoms with van der Waals surface area (Å²) in [5, 5.41) is 10.4. The normalized spacial score (nSPS) is 11.7. The van der Waals surface area contributed by atoms with Gasteiger partial charge >= 0.3 is 10.1 Å². The van der Waals surface area contributed by atoms with Crippen molar-refractivity contribution in [2.24, 2.45) is 0 Å². The average Bonchev–Trinajstić information content (AvgIpc) is 2.87. The number of halogens is 1. The minimum Gasteiger partial charge on any atom is -0.376 e. The molecule has 0 aliphatic rings. The number of benzene rings is 2. The number of fused-ring (bicyclic) bond motifs is 1. The van der Waals surface area contributed by atoms with Gasteiger partial charge in [0.15, 0.2) is 11.3 Å². The van der Waals surface area contributed by atoms with Crippen molar-refractivity contribution < 1.29 is 12.6 Å². The molecule has 0 radical (unpaired) electrons. The van der Waals surface area contributed by atoms with E-state index < -0.39 is 10.1 Å². The molecule has 0 saturated heterocycles.